The molecule has 1 amide bonds. The maximum atomic E-state index is 11.8. The zero-order valence-corrected chi connectivity index (χ0v) is 12.6. The minimum absolute atomic E-state index is 0.0513. The maximum absolute atomic E-state index is 11.8. The highest BCUT2D eigenvalue weighted by Gasteiger charge is 2.18. The molecule has 1 heterocycles. The van der Waals surface area contributed by atoms with E-state index in [1.54, 1.807) is 0 Å². The highest BCUT2D eigenvalue weighted by molar-refractivity contribution is 8.13. The number of nitrogens with zero attached hydrogens (tertiary/aromatic N) is 1. The number of nitrogens with one attached hydrogen (secondary N) is 2. The lowest BCUT2D eigenvalue weighted by Crippen LogP contribution is -2.13. The average Bonchev–Trinajstić information content (AvgIpc) is 2.85. The molecule has 0 aliphatic rings. The van der Waals surface area contributed by atoms with Crippen molar-refractivity contribution in [2.24, 2.45) is 0 Å². The van der Waals surface area contributed by atoms with Crippen LogP contribution in [0.25, 0.3) is 0 Å². The zero-order chi connectivity index (χ0) is 14.9. The Balaban J connectivity index is 2.37. The van der Waals surface area contributed by atoms with Gasteiger partial charge in [-0.05, 0) is 18.2 Å². The molecule has 0 spiro atoms. The number of aromatic nitrogens is 2. The van der Waals surface area contributed by atoms with Crippen LogP contribution in [0.3, 0.4) is 0 Å². The third kappa shape index (κ3) is 3.24. The summed E-state index contributed by atoms with van der Waals surface area (Å²) in [5.74, 6) is -0.521. The summed E-state index contributed by atoms with van der Waals surface area (Å²) in [7, 11) is 1.23. The molecule has 0 saturated carbocycles. The van der Waals surface area contributed by atoms with Gasteiger partial charge in [0.15, 0.2) is 0 Å². The summed E-state index contributed by atoms with van der Waals surface area (Å²) in [4.78, 5) is 11.6. The fourth-order valence-corrected chi connectivity index (χ4v) is 2.87. The van der Waals surface area contributed by atoms with E-state index in [2.05, 4.69) is 15.5 Å². The number of carbonyl (C=O) groups is 1. The highest BCUT2D eigenvalue weighted by atomic mass is 35.7. The van der Waals surface area contributed by atoms with Gasteiger partial charge in [-0.1, -0.05) is 23.2 Å². The Morgan fingerprint density at radius 3 is 2.30 bits per heavy atom. The maximum Gasteiger partial charge on any atom is 0.273 e. The van der Waals surface area contributed by atoms with E-state index >= 15 is 0 Å². The Kier molecular flexibility index (Phi) is 4.24. The van der Waals surface area contributed by atoms with Crippen molar-refractivity contribution in [2.45, 2.75) is 4.90 Å². The summed E-state index contributed by atoms with van der Waals surface area (Å²) in [6.45, 7) is 0. The fourth-order valence-electron chi connectivity index (χ4n) is 1.37. The van der Waals surface area contributed by atoms with Crippen LogP contribution in [0.4, 0.5) is 5.69 Å². The van der Waals surface area contributed by atoms with Gasteiger partial charge in [0.1, 0.15) is 5.69 Å². The summed E-state index contributed by atoms with van der Waals surface area (Å²) < 4.78 is 22.4. The largest absolute Gasteiger partial charge is 0.318 e. The van der Waals surface area contributed by atoms with E-state index in [1.165, 1.54) is 12.3 Å². The van der Waals surface area contributed by atoms with Crippen molar-refractivity contribution in [3.05, 3.63) is 40.1 Å². The topological polar surface area (TPSA) is 91.9 Å². The summed E-state index contributed by atoms with van der Waals surface area (Å²) >= 11 is 11.8. The van der Waals surface area contributed by atoms with Crippen LogP contribution in [0.2, 0.25) is 10.0 Å². The predicted molar refractivity (Wildman–Crippen MR) is 76.0 cm³/mol. The average molecular weight is 355 g/mol. The molecule has 2 aromatic rings. The van der Waals surface area contributed by atoms with Gasteiger partial charge in [0.2, 0.25) is 0 Å². The molecule has 0 atom stereocenters. The second-order valence-electron chi connectivity index (χ2n) is 3.62. The molecule has 2 rings (SSSR count). The van der Waals surface area contributed by atoms with Crippen molar-refractivity contribution < 1.29 is 13.2 Å². The van der Waals surface area contributed by atoms with E-state index < -0.39 is 15.0 Å². The van der Waals surface area contributed by atoms with Crippen molar-refractivity contribution in [2.75, 3.05) is 5.32 Å². The van der Waals surface area contributed by atoms with Gasteiger partial charge >= 0.3 is 0 Å². The molecule has 0 unspecified atom stereocenters. The van der Waals surface area contributed by atoms with Crippen molar-refractivity contribution >= 4 is 54.5 Å². The molecule has 106 valence electrons. The molecule has 0 radical (unpaired) electrons. The standard InChI is InChI=1S/C10H6Cl3N3O3S/c11-6-3-5(20(13,18)19)4-7(12)9(6)15-10(17)8-1-2-14-16-8/h1-4H,(H,14,16)(H,15,17). The van der Waals surface area contributed by atoms with Crippen LogP contribution in [0, 0.1) is 0 Å². The summed E-state index contributed by atoms with van der Waals surface area (Å²) in [5, 5.41) is 8.44. The van der Waals surface area contributed by atoms with Crippen LogP contribution in [0.15, 0.2) is 29.3 Å². The van der Waals surface area contributed by atoms with Gasteiger partial charge in [-0.3, -0.25) is 9.89 Å². The lowest BCUT2D eigenvalue weighted by molar-refractivity contribution is 0.102. The van der Waals surface area contributed by atoms with Gasteiger partial charge in [-0.25, -0.2) is 8.42 Å². The Hall–Kier alpha value is -1.28. The molecule has 0 bridgehead atoms. The van der Waals surface area contributed by atoms with Gasteiger partial charge in [0.05, 0.1) is 20.6 Å². The molecular weight excluding hydrogens is 349 g/mol. The number of hydrogen-bond acceptors (Lipinski definition) is 4. The molecule has 0 saturated heterocycles. The van der Waals surface area contributed by atoms with Gasteiger partial charge in [0, 0.05) is 16.9 Å². The van der Waals surface area contributed by atoms with Gasteiger partial charge in [0.25, 0.3) is 15.0 Å². The monoisotopic (exact) mass is 353 g/mol. The first kappa shape index (κ1) is 15.1. The van der Waals surface area contributed by atoms with Crippen molar-refractivity contribution in [3.63, 3.8) is 0 Å². The van der Waals surface area contributed by atoms with Gasteiger partial charge in [-0.2, -0.15) is 5.10 Å². The Bertz CT molecular complexity index is 736. The second-order valence-corrected chi connectivity index (χ2v) is 7.00. The number of hydrogen-bond donors (Lipinski definition) is 2. The van der Waals surface area contributed by atoms with Gasteiger partial charge in [-0.15, -0.1) is 0 Å². The lowest BCUT2D eigenvalue weighted by atomic mass is 10.3. The van der Waals surface area contributed by atoms with Crippen LogP contribution in [0.5, 0.6) is 0 Å². The normalized spacial score (nSPS) is 11.3. The zero-order valence-electron chi connectivity index (χ0n) is 9.52. The summed E-state index contributed by atoms with van der Waals surface area (Å²) in [6, 6.07) is 3.64. The molecule has 0 aliphatic heterocycles. The number of anilines is 1. The van der Waals surface area contributed by atoms with Crippen LogP contribution < -0.4 is 5.32 Å². The molecular formula is C10H6Cl3N3O3S. The first-order valence-corrected chi connectivity index (χ1v) is 8.10. The number of benzene rings is 1. The SMILES string of the molecule is O=C(Nc1c(Cl)cc(S(=O)(=O)Cl)cc1Cl)c1ccn[nH]1. The first-order chi connectivity index (χ1) is 9.29. The quantitative estimate of drug-likeness (QED) is 0.829. The predicted octanol–water partition coefficient (Wildman–Crippen LogP) is 2.90. The van der Waals surface area contributed by atoms with Crippen molar-refractivity contribution in [3.8, 4) is 0 Å². The number of rotatable bonds is 3. The van der Waals surface area contributed by atoms with E-state index in [1.807, 2.05) is 0 Å². The number of amides is 1. The van der Waals surface area contributed by atoms with E-state index in [-0.39, 0.29) is 26.3 Å². The fraction of sp³-hybridized carbons (Fsp3) is 0. The van der Waals surface area contributed by atoms with Gasteiger partial charge < -0.3 is 5.32 Å². The van der Waals surface area contributed by atoms with E-state index in [4.69, 9.17) is 33.9 Å². The second kappa shape index (κ2) is 5.61. The van der Waals surface area contributed by atoms with Crippen LogP contribution in [-0.4, -0.2) is 24.5 Å². The molecule has 1 aromatic heterocycles. The number of carbonyl (C=O) groups excluding carboxylic acids is 1. The third-order valence-corrected chi connectivity index (χ3v) is 4.21. The number of halogens is 3. The molecule has 0 fully saturated rings. The summed E-state index contributed by atoms with van der Waals surface area (Å²) in [5.41, 5.74) is 0.281. The molecule has 1 aromatic carbocycles. The Labute approximate surface area is 128 Å². The Morgan fingerprint density at radius 2 is 1.85 bits per heavy atom. The molecule has 10 heteroatoms. The lowest BCUT2D eigenvalue weighted by Gasteiger charge is -2.09. The smallest absolute Gasteiger partial charge is 0.273 e. The number of H-pyrrole nitrogens is 1. The third-order valence-electron chi connectivity index (χ3n) is 2.28. The minimum atomic E-state index is -3.96. The molecule has 20 heavy (non-hydrogen) atoms. The minimum Gasteiger partial charge on any atom is -0.318 e. The molecule has 6 nitrogen and oxygen atoms in total. The van der Waals surface area contributed by atoms with E-state index in [0.29, 0.717) is 0 Å². The van der Waals surface area contributed by atoms with Crippen LogP contribution >= 0.6 is 33.9 Å². The van der Waals surface area contributed by atoms with E-state index in [0.717, 1.165) is 12.1 Å². The van der Waals surface area contributed by atoms with Crippen LogP contribution in [0.1, 0.15) is 10.5 Å². The van der Waals surface area contributed by atoms with E-state index in [9.17, 15) is 13.2 Å². The molecule has 2 N–H and O–H groups in total. The number of aromatic amines is 1. The first-order valence-electron chi connectivity index (χ1n) is 5.03. The molecule has 0 aliphatic carbocycles. The Morgan fingerprint density at radius 1 is 1.25 bits per heavy atom. The highest BCUT2D eigenvalue weighted by Crippen LogP contribution is 2.34. The van der Waals surface area contributed by atoms with Crippen molar-refractivity contribution in [1.82, 2.24) is 10.2 Å². The van der Waals surface area contributed by atoms with Crippen LogP contribution in [-0.2, 0) is 9.05 Å². The summed E-state index contributed by atoms with van der Waals surface area (Å²) in [6.07, 6.45) is 1.40. The van der Waals surface area contributed by atoms with Crippen molar-refractivity contribution in [1.29, 1.82) is 0 Å².